The minimum atomic E-state index is -0.717. The minimum Gasteiger partial charge on any atom is -0.507 e. The van der Waals surface area contributed by atoms with Gasteiger partial charge in [0.1, 0.15) is 5.76 Å². The molecule has 4 aromatic rings. The first-order valence-electron chi connectivity index (χ1n) is 10.8. The number of Topliss-reactive ketones (excluding diaryl/α,β-unsaturated/α-hetero) is 1. The molecule has 5 nitrogen and oxygen atoms in total. The van der Waals surface area contributed by atoms with Gasteiger partial charge in [0.05, 0.1) is 11.6 Å². The first-order valence-corrected chi connectivity index (χ1v) is 12.0. The molecule has 1 saturated heterocycles. The number of ketones is 1. The molecule has 0 spiro atoms. The van der Waals surface area contributed by atoms with Gasteiger partial charge in [-0.3, -0.25) is 9.59 Å². The number of aliphatic hydroxyl groups is 1. The molecular weight excluding hydrogens is 516 g/mol. The number of aromatic nitrogens is 1. The highest BCUT2D eigenvalue weighted by atomic mass is 79.9. The number of benzene rings is 3. The number of nitrogens with one attached hydrogen (secondary N) is 1. The summed E-state index contributed by atoms with van der Waals surface area (Å²) in [7, 11) is 0. The van der Waals surface area contributed by atoms with Crippen LogP contribution in [0.3, 0.4) is 0 Å². The monoisotopic (exact) mass is 534 g/mol. The maximum atomic E-state index is 13.2. The molecule has 0 saturated carbocycles. The third-order valence-corrected chi connectivity index (χ3v) is 6.92. The van der Waals surface area contributed by atoms with E-state index in [-0.39, 0.29) is 11.3 Å². The molecule has 3 aromatic carbocycles. The molecule has 1 fully saturated rings. The molecule has 0 aliphatic carbocycles. The van der Waals surface area contributed by atoms with Gasteiger partial charge in [-0.2, -0.15) is 0 Å². The van der Waals surface area contributed by atoms with E-state index in [1.807, 2.05) is 30.5 Å². The van der Waals surface area contributed by atoms with E-state index in [1.54, 1.807) is 48.5 Å². The second-order valence-electron chi connectivity index (χ2n) is 8.16. The van der Waals surface area contributed by atoms with E-state index in [0.717, 1.165) is 20.9 Å². The van der Waals surface area contributed by atoms with Gasteiger partial charge in [0.15, 0.2) is 0 Å². The summed E-state index contributed by atoms with van der Waals surface area (Å²) < 4.78 is 0.845. The van der Waals surface area contributed by atoms with Crippen LogP contribution >= 0.6 is 27.5 Å². The van der Waals surface area contributed by atoms with Crippen LogP contribution in [-0.2, 0) is 16.0 Å². The van der Waals surface area contributed by atoms with Crippen LogP contribution in [0.4, 0.5) is 0 Å². The molecule has 7 heteroatoms. The molecule has 34 heavy (non-hydrogen) atoms. The van der Waals surface area contributed by atoms with Crippen LogP contribution in [0.1, 0.15) is 22.7 Å². The number of carbonyl (C=O) groups is 2. The maximum absolute atomic E-state index is 13.2. The zero-order valence-electron chi connectivity index (χ0n) is 18.0. The van der Waals surface area contributed by atoms with Crippen LogP contribution in [0.15, 0.2) is 89.0 Å². The number of amides is 1. The third kappa shape index (κ3) is 4.04. The van der Waals surface area contributed by atoms with Gasteiger partial charge in [-0.1, -0.05) is 70.0 Å². The molecule has 1 aliphatic rings. The lowest BCUT2D eigenvalue weighted by Gasteiger charge is -2.25. The summed E-state index contributed by atoms with van der Waals surface area (Å²) in [6.07, 6.45) is 2.49. The molecule has 1 aliphatic heterocycles. The van der Waals surface area contributed by atoms with E-state index < -0.39 is 17.7 Å². The van der Waals surface area contributed by atoms with E-state index in [0.29, 0.717) is 29.1 Å². The fourth-order valence-electron chi connectivity index (χ4n) is 4.44. The molecule has 1 amide bonds. The lowest BCUT2D eigenvalue weighted by atomic mass is 9.95. The summed E-state index contributed by atoms with van der Waals surface area (Å²) in [5.74, 6) is -1.52. The largest absolute Gasteiger partial charge is 0.507 e. The summed E-state index contributed by atoms with van der Waals surface area (Å²) in [6.45, 7) is 0.316. The smallest absolute Gasteiger partial charge is 0.295 e. The Bertz CT molecular complexity index is 1420. The van der Waals surface area contributed by atoms with Crippen molar-refractivity contribution < 1.29 is 14.7 Å². The molecule has 0 unspecified atom stereocenters. The van der Waals surface area contributed by atoms with E-state index in [4.69, 9.17) is 11.6 Å². The zero-order chi connectivity index (χ0) is 23.8. The van der Waals surface area contributed by atoms with Gasteiger partial charge in [-0.05, 0) is 47.9 Å². The fraction of sp³-hybridized carbons (Fsp3) is 0.111. The van der Waals surface area contributed by atoms with Crippen LogP contribution in [0.2, 0.25) is 5.02 Å². The van der Waals surface area contributed by atoms with Crippen LogP contribution < -0.4 is 0 Å². The van der Waals surface area contributed by atoms with Crippen molar-refractivity contribution in [3.63, 3.8) is 0 Å². The van der Waals surface area contributed by atoms with Crippen molar-refractivity contribution in [2.24, 2.45) is 0 Å². The Labute approximate surface area is 209 Å². The van der Waals surface area contributed by atoms with Crippen LogP contribution in [0, 0.1) is 0 Å². The highest BCUT2D eigenvalue weighted by molar-refractivity contribution is 9.10. The number of para-hydroxylation sites is 1. The summed E-state index contributed by atoms with van der Waals surface area (Å²) >= 11 is 9.47. The lowest BCUT2D eigenvalue weighted by molar-refractivity contribution is -0.139. The Morgan fingerprint density at radius 3 is 2.44 bits per heavy atom. The standard InChI is InChI=1S/C27H20BrClN2O3/c28-19-9-5-17(6-10-19)25(32)23-24(16-7-11-20(29)12-8-16)31(27(34)26(23)33)14-13-18-15-30-22-4-2-1-3-21(18)22/h1-12,15,24,30,32H,13-14H2/t24-/m1/s1. The Hall–Kier alpha value is -3.35. The van der Waals surface area contributed by atoms with Gasteiger partial charge in [0.25, 0.3) is 11.7 Å². The van der Waals surface area contributed by atoms with Crippen LogP contribution in [0.25, 0.3) is 16.7 Å². The topological polar surface area (TPSA) is 73.4 Å². The van der Waals surface area contributed by atoms with Crippen molar-refractivity contribution in [3.8, 4) is 0 Å². The van der Waals surface area contributed by atoms with Gasteiger partial charge < -0.3 is 15.0 Å². The first kappa shape index (κ1) is 22.4. The van der Waals surface area contributed by atoms with E-state index in [9.17, 15) is 14.7 Å². The molecular formula is C27H20BrClN2O3. The van der Waals surface area contributed by atoms with E-state index in [1.165, 1.54) is 4.90 Å². The summed E-state index contributed by atoms with van der Waals surface area (Å²) in [5.41, 5.74) is 3.33. The number of aliphatic hydroxyl groups excluding tert-OH is 1. The number of H-pyrrole nitrogens is 1. The van der Waals surface area contributed by atoms with Gasteiger partial charge in [0, 0.05) is 38.7 Å². The second-order valence-corrected chi connectivity index (χ2v) is 9.51. The van der Waals surface area contributed by atoms with Crippen molar-refractivity contribution in [2.75, 3.05) is 6.54 Å². The molecule has 0 bridgehead atoms. The van der Waals surface area contributed by atoms with Crippen LogP contribution in [0.5, 0.6) is 0 Å². The Morgan fingerprint density at radius 1 is 1.00 bits per heavy atom. The van der Waals surface area contributed by atoms with Crippen molar-refractivity contribution in [3.05, 3.63) is 111 Å². The summed E-state index contributed by atoms with van der Waals surface area (Å²) in [4.78, 5) is 31.1. The lowest BCUT2D eigenvalue weighted by Crippen LogP contribution is -2.31. The quantitative estimate of drug-likeness (QED) is 0.180. The van der Waals surface area contributed by atoms with Gasteiger partial charge in [-0.25, -0.2) is 0 Å². The number of rotatable bonds is 5. The number of nitrogens with zero attached hydrogens (tertiary/aromatic N) is 1. The molecule has 170 valence electrons. The maximum Gasteiger partial charge on any atom is 0.295 e. The number of likely N-dealkylation sites (tertiary alicyclic amines) is 1. The number of halogens is 2. The normalized spacial score (nSPS) is 17.6. The number of hydrogen-bond donors (Lipinski definition) is 2. The average molecular weight is 536 g/mol. The molecule has 5 rings (SSSR count). The van der Waals surface area contributed by atoms with Gasteiger partial charge >= 0.3 is 0 Å². The third-order valence-electron chi connectivity index (χ3n) is 6.14. The van der Waals surface area contributed by atoms with Crippen molar-refractivity contribution in [1.82, 2.24) is 9.88 Å². The molecule has 1 atom stereocenters. The predicted octanol–water partition coefficient (Wildman–Crippen LogP) is 6.25. The molecule has 2 heterocycles. The number of carbonyl (C=O) groups excluding carboxylic acids is 2. The van der Waals surface area contributed by atoms with Gasteiger partial charge in [-0.15, -0.1) is 0 Å². The van der Waals surface area contributed by atoms with Crippen molar-refractivity contribution >= 4 is 55.9 Å². The molecule has 1 aromatic heterocycles. The number of fused-ring (bicyclic) bond motifs is 1. The highest BCUT2D eigenvalue weighted by Gasteiger charge is 2.45. The highest BCUT2D eigenvalue weighted by Crippen LogP contribution is 2.40. The SMILES string of the molecule is O=C1C(=O)N(CCc2c[nH]c3ccccc23)[C@H](c2ccc(Cl)cc2)C1=C(O)c1ccc(Br)cc1. The Balaban J connectivity index is 1.56. The minimum absolute atomic E-state index is 0.0774. The number of hydrogen-bond acceptors (Lipinski definition) is 3. The van der Waals surface area contributed by atoms with E-state index in [2.05, 4.69) is 20.9 Å². The molecule has 0 radical (unpaired) electrons. The molecule has 2 N–H and O–H groups in total. The fourth-order valence-corrected chi connectivity index (χ4v) is 4.84. The summed E-state index contributed by atoms with van der Waals surface area (Å²) in [6, 6.07) is 21.2. The average Bonchev–Trinajstić information content (AvgIpc) is 3.37. The number of aromatic amines is 1. The second kappa shape index (κ2) is 9.12. The van der Waals surface area contributed by atoms with Crippen molar-refractivity contribution in [1.29, 1.82) is 0 Å². The van der Waals surface area contributed by atoms with E-state index >= 15 is 0 Å². The predicted molar refractivity (Wildman–Crippen MR) is 137 cm³/mol. The Morgan fingerprint density at radius 2 is 1.71 bits per heavy atom. The zero-order valence-corrected chi connectivity index (χ0v) is 20.3. The summed E-state index contributed by atoms with van der Waals surface area (Å²) in [5, 5.41) is 12.8. The van der Waals surface area contributed by atoms with Crippen molar-refractivity contribution in [2.45, 2.75) is 12.5 Å². The Kier molecular flexibility index (Phi) is 6.02. The van der Waals surface area contributed by atoms with Gasteiger partial charge in [0.2, 0.25) is 0 Å². The van der Waals surface area contributed by atoms with Crippen LogP contribution in [-0.4, -0.2) is 33.2 Å². The first-order chi connectivity index (χ1) is 16.4.